The molecule has 2 heterocycles. The zero-order chi connectivity index (χ0) is 16.1. The monoisotopic (exact) mass is 303 g/mol. The van der Waals surface area contributed by atoms with Crippen molar-refractivity contribution < 1.29 is 18.8 Å². The van der Waals surface area contributed by atoms with Gasteiger partial charge in [0.2, 0.25) is 0 Å². The summed E-state index contributed by atoms with van der Waals surface area (Å²) in [6, 6.07) is 5.69. The summed E-state index contributed by atoms with van der Waals surface area (Å²) in [6.07, 6.45) is 0.620. The molecule has 118 valence electrons. The minimum absolute atomic E-state index is 0.242. The smallest absolute Gasteiger partial charge is 0.467 e. The normalized spacial score (nSPS) is 24.8. The molecular weight excluding hydrogens is 281 g/mol. The van der Waals surface area contributed by atoms with Crippen molar-refractivity contribution in [2.45, 2.75) is 51.4 Å². The predicted molar refractivity (Wildman–Crippen MR) is 85.3 cm³/mol. The van der Waals surface area contributed by atoms with E-state index >= 15 is 0 Å². The van der Waals surface area contributed by atoms with Gasteiger partial charge in [0.15, 0.2) is 0 Å². The van der Waals surface area contributed by atoms with Crippen LogP contribution in [0.1, 0.15) is 33.3 Å². The molecule has 2 aliphatic heterocycles. The van der Waals surface area contributed by atoms with Crippen LogP contribution in [0.2, 0.25) is 0 Å². The number of nitrogens with one attached hydrogen (secondary N) is 1. The van der Waals surface area contributed by atoms with E-state index < -0.39 is 0 Å². The molecule has 1 atom stereocenters. The Bertz CT molecular complexity index is 598. The van der Waals surface area contributed by atoms with Crippen molar-refractivity contribution in [3.63, 3.8) is 0 Å². The number of carbonyl (C=O) groups excluding carboxylic acids is 1. The Morgan fingerprint density at radius 3 is 2.50 bits per heavy atom. The van der Waals surface area contributed by atoms with Gasteiger partial charge in [-0.15, -0.1) is 0 Å². The van der Waals surface area contributed by atoms with Crippen molar-refractivity contribution in [2.24, 2.45) is 0 Å². The van der Waals surface area contributed by atoms with Gasteiger partial charge in [-0.25, -0.2) is 4.79 Å². The fourth-order valence-corrected chi connectivity index (χ4v) is 2.79. The molecule has 0 amide bonds. The second kappa shape index (κ2) is 5.00. The van der Waals surface area contributed by atoms with Crippen molar-refractivity contribution in [1.82, 2.24) is 0 Å². The number of hydrogen-bond acceptors (Lipinski definition) is 5. The summed E-state index contributed by atoms with van der Waals surface area (Å²) in [6.45, 7) is 8.15. The van der Waals surface area contributed by atoms with Crippen molar-refractivity contribution in [3.05, 3.63) is 23.8 Å². The molecule has 1 N–H and O–H groups in total. The summed E-state index contributed by atoms with van der Waals surface area (Å²) in [5.74, 6) is -0.242. The molecule has 0 saturated carbocycles. The van der Waals surface area contributed by atoms with E-state index in [9.17, 15) is 4.79 Å². The summed E-state index contributed by atoms with van der Waals surface area (Å²) in [7, 11) is 1.02. The molecule has 0 aliphatic carbocycles. The highest BCUT2D eigenvalue weighted by molar-refractivity contribution is 6.62. The van der Waals surface area contributed by atoms with Crippen molar-refractivity contribution in [3.8, 4) is 0 Å². The van der Waals surface area contributed by atoms with Crippen molar-refractivity contribution in [2.75, 3.05) is 12.4 Å². The molecule has 22 heavy (non-hydrogen) atoms. The van der Waals surface area contributed by atoms with E-state index in [1.807, 2.05) is 45.9 Å². The lowest BCUT2D eigenvalue weighted by atomic mass is 9.78. The van der Waals surface area contributed by atoms with Crippen molar-refractivity contribution >= 4 is 24.2 Å². The average molecular weight is 303 g/mol. The molecule has 0 radical (unpaired) electrons. The summed E-state index contributed by atoms with van der Waals surface area (Å²) in [5, 5.41) is 3.18. The molecule has 1 fully saturated rings. The van der Waals surface area contributed by atoms with E-state index in [4.69, 9.17) is 14.0 Å². The lowest BCUT2D eigenvalue weighted by Crippen LogP contribution is -2.41. The maximum Gasteiger partial charge on any atom is 0.494 e. The first-order valence-electron chi connectivity index (χ1n) is 7.56. The first kappa shape index (κ1) is 15.4. The Morgan fingerprint density at radius 1 is 1.27 bits per heavy atom. The van der Waals surface area contributed by atoms with Crippen LogP contribution in [0.5, 0.6) is 0 Å². The van der Waals surface area contributed by atoms with Gasteiger partial charge in [-0.3, -0.25) is 0 Å². The van der Waals surface area contributed by atoms with Crippen LogP contribution in [0.25, 0.3) is 0 Å². The number of esters is 1. The maximum atomic E-state index is 11.7. The van der Waals surface area contributed by atoms with Gasteiger partial charge in [-0.2, -0.15) is 0 Å². The van der Waals surface area contributed by atoms with Crippen LogP contribution in [0.3, 0.4) is 0 Å². The summed E-state index contributed by atoms with van der Waals surface area (Å²) >= 11 is 0. The molecule has 1 saturated heterocycles. The van der Waals surface area contributed by atoms with Crippen LogP contribution in [-0.4, -0.2) is 37.4 Å². The number of rotatable bonds is 2. The van der Waals surface area contributed by atoms with Gasteiger partial charge in [0.1, 0.15) is 6.04 Å². The van der Waals surface area contributed by atoms with Gasteiger partial charge in [-0.1, -0.05) is 12.1 Å². The Kier molecular flexibility index (Phi) is 3.49. The highest BCUT2D eigenvalue weighted by Crippen LogP contribution is 2.37. The summed E-state index contributed by atoms with van der Waals surface area (Å²) < 4.78 is 16.9. The first-order chi connectivity index (χ1) is 10.2. The van der Waals surface area contributed by atoms with Crippen LogP contribution in [-0.2, 0) is 25.3 Å². The number of anilines is 1. The molecule has 5 nitrogen and oxygen atoms in total. The molecule has 0 unspecified atom stereocenters. The third-order valence-corrected chi connectivity index (χ3v) is 4.89. The van der Waals surface area contributed by atoms with Crippen LogP contribution in [0.15, 0.2) is 18.2 Å². The van der Waals surface area contributed by atoms with Crippen LogP contribution < -0.4 is 10.8 Å². The topological polar surface area (TPSA) is 56.8 Å². The van der Waals surface area contributed by atoms with Crippen LogP contribution in [0, 0.1) is 0 Å². The molecule has 1 aromatic carbocycles. The van der Waals surface area contributed by atoms with Gasteiger partial charge in [-0.05, 0) is 44.8 Å². The number of fused-ring (bicyclic) bond motifs is 1. The first-order valence-corrected chi connectivity index (χ1v) is 7.56. The lowest BCUT2D eigenvalue weighted by molar-refractivity contribution is -0.141. The number of carbonyl (C=O) groups is 1. The van der Waals surface area contributed by atoms with Crippen molar-refractivity contribution in [1.29, 1.82) is 0 Å². The third-order valence-electron chi connectivity index (χ3n) is 4.89. The number of ether oxygens (including phenoxy) is 1. The summed E-state index contributed by atoms with van der Waals surface area (Å²) in [5.41, 5.74) is 2.32. The molecule has 0 bridgehead atoms. The Balaban J connectivity index is 1.81. The van der Waals surface area contributed by atoms with E-state index in [0.29, 0.717) is 6.42 Å². The van der Waals surface area contributed by atoms with Crippen LogP contribution >= 0.6 is 0 Å². The van der Waals surface area contributed by atoms with Gasteiger partial charge >= 0.3 is 13.1 Å². The lowest BCUT2D eigenvalue weighted by Gasteiger charge is -2.32. The highest BCUT2D eigenvalue weighted by Gasteiger charge is 2.51. The molecule has 3 rings (SSSR count). The van der Waals surface area contributed by atoms with E-state index in [0.717, 1.165) is 16.7 Å². The largest absolute Gasteiger partial charge is 0.494 e. The van der Waals surface area contributed by atoms with E-state index in [2.05, 4.69) is 5.32 Å². The highest BCUT2D eigenvalue weighted by atomic mass is 16.7. The summed E-state index contributed by atoms with van der Waals surface area (Å²) in [4.78, 5) is 11.7. The Morgan fingerprint density at radius 2 is 1.91 bits per heavy atom. The van der Waals surface area contributed by atoms with E-state index in [1.165, 1.54) is 7.11 Å². The number of methoxy groups -OCH3 is 1. The van der Waals surface area contributed by atoms with E-state index in [1.54, 1.807) is 0 Å². The Hall–Kier alpha value is -1.53. The van der Waals surface area contributed by atoms with Gasteiger partial charge in [0, 0.05) is 12.1 Å². The predicted octanol–water partition coefficient (Wildman–Crippen LogP) is 1.50. The SMILES string of the molecule is COC(=O)[C@@H]1Cc2cc(B3OC(C)(C)C(C)(C)O3)ccc2N1. The van der Waals surface area contributed by atoms with Gasteiger partial charge < -0.3 is 19.4 Å². The second-order valence-corrected chi connectivity index (χ2v) is 6.93. The number of benzene rings is 1. The standard InChI is InChI=1S/C16H22BNO4/c1-15(2)16(3,4)22-17(21-15)11-6-7-12-10(8-11)9-13(18-12)14(19)20-5/h6-8,13,18H,9H2,1-5H3/t13-/m0/s1. The molecule has 2 aliphatic rings. The minimum Gasteiger partial charge on any atom is -0.467 e. The maximum absolute atomic E-state index is 11.7. The molecule has 6 heteroatoms. The molecular formula is C16H22BNO4. The fraction of sp³-hybridized carbons (Fsp3) is 0.562. The molecule has 0 aromatic heterocycles. The second-order valence-electron chi connectivity index (χ2n) is 6.93. The average Bonchev–Trinajstić information content (AvgIpc) is 2.96. The molecule has 1 aromatic rings. The Labute approximate surface area is 131 Å². The zero-order valence-corrected chi connectivity index (χ0v) is 13.7. The quantitative estimate of drug-likeness (QED) is 0.663. The van der Waals surface area contributed by atoms with Crippen LogP contribution in [0.4, 0.5) is 5.69 Å². The van der Waals surface area contributed by atoms with Gasteiger partial charge in [0.25, 0.3) is 0 Å². The third kappa shape index (κ3) is 2.40. The van der Waals surface area contributed by atoms with Gasteiger partial charge in [0.05, 0.1) is 18.3 Å². The van der Waals surface area contributed by atoms with E-state index in [-0.39, 0.29) is 30.3 Å². The molecule has 0 spiro atoms. The fourth-order valence-electron chi connectivity index (χ4n) is 2.79. The minimum atomic E-state index is -0.382. The number of hydrogen-bond donors (Lipinski definition) is 1. The zero-order valence-electron chi connectivity index (χ0n) is 13.7.